The molecule has 8 heteroatoms. The normalized spacial score (nSPS) is 11.3. The van der Waals surface area contributed by atoms with Gasteiger partial charge in [-0.15, -0.1) is 0 Å². The van der Waals surface area contributed by atoms with E-state index >= 15 is 0 Å². The summed E-state index contributed by atoms with van der Waals surface area (Å²) in [5.41, 5.74) is -0.440. The zero-order valence-corrected chi connectivity index (χ0v) is 11.5. The number of anilines is 1. The van der Waals surface area contributed by atoms with Crippen molar-refractivity contribution < 1.29 is 13.2 Å². The first-order chi connectivity index (χ1) is 9.86. The summed E-state index contributed by atoms with van der Waals surface area (Å²) in [5.74, 6) is 0. The largest absolute Gasteiger partial charge is 0.418 e. The second-order valence-corrected chi connectivity index (χ2v) is 4.49. The van der Waals surface area contributed by atoms with Gasteiger partial charge in [-0.1, -0.05) is 11.6 Å². The number of hydrogen-bond donors (Lipinski definition) is 2. The van der Waals surface area contributed by atoms with Crippen molar-refractivity contribution in [2.45, 2.75) is 6.18 Å². The number of hydrogen-bond acceptors (Lipinski definition) is 4. The molecule has 1 heterocycles. The maximum atomic E-state index is 13.2. The van der Waals surface area contributed by atoms with Crippen LogP contribution in [0.5, 0.6) is 0 Å². The Balaban J connectivity index is 2.72. The van der Waals surface area contributed by atoms with Crippen LogP contribution in [0.3, 0.4) is 0 Å². The molecular formula is C13H10ClF3N4. The molecule has 21 heavy (non-hydrogen) atoms. The molecule has 1 aromatic heterocycles. The van der Waals surface area contributed by atoms with Crippen LogP contribution in [0.2, 0.25) is 5.15 Å². The summed E-state index contributed by atoms with van der Waals surface area (Å²) in [6.07, 6.45) is -2.53. The molecule has 0 radical (unpaired) electrons. The molecule has 4 nitrogen and oxygen atoms in total. The van der Waals surface area contributed by atoms with Crippen LogP contribution in [0, 0.1) is 5.41 Å². The van der Waals surface area contributed by atoms with Crippen LogP contribution in [0.15, 0.2) is 24.5 Å². The van der Waals surface area contributed by atoms with Crippen molar-refractivity contribution >= 4 is 23.5 Å². The summed E-state index contributed by atoms with van der Waals surface area (Å²) in [6, 6.07) is 3.77. The van der Waals surface area contributed by atoms with Crippen molar-refractivity contribution in [1.82, 2.24) is 9.97 Å². The monoisotopic (exact) mass is 314 g/mol. The first-order valence-electron chi connectivity index (χ1n) is 5.78. The Bertz CT molecular complexity index is 686. The van der Waals surface area contributed by atoms with E-state index in [9.17, 15) is 13.2 Å². The van der Waals surface area contributed by atoms with Gasteiger partial charge in [-0.25, -0.2) is 9.97 Å². The zero-order valence-electron chi connectivity index (χ0n) is 10.8. The minimum Gasteiger partial charge on any atom is -0.387 e. The molecule has 2 aromatic rings. The third-order valence-electron chi connectivity index (χ3n) is 2.81. The quantitative estimate of drug-likeness (QED) is 0.668. The van der Waals surface area contributed by atoms with Crippen molar-refractivity contribution in [3.63, 3.8) is 0 Å². The predicted octanol–water partition coefficient (Wildman–Crippen LogP) is 3.86. The van der Waals surface area contributed by atoms with E-state index in [2.05, 4.69) is 15.3 Å². The van der Waals surface area contributed by atoms with Crippen molar-refractivity contribution in [2.75, 3.05) is 12.4 Å². The van der Waals surface area contributed by atoms with Gasteiger partial charge in [-0.05, 0) is 12.1 Å². The third-order valence-corrected chi connectivity index (χ3v) is 3.02. The lowest BCUT2D eigenvalue weighted by Gasteiger charge is -2.16. The molecule has 0 atom stereocenters. The van der Waals surface area contributed by atoms with E-state index in [-0.39, 0.29) is 27.7 Å². The second-order valence-electron chi connectivity index (χ2n) is 4.11. The number of alkyl halides is 3. The van der Waals surface area contributed by atoms with Gasteiger partial charge in [0.15, 0.2) is 0 Å². The van der Waals surface area contributed by atoms with Gasteiger partial charge in [0, 0.05) is 30.5 Å². The number of aromatic nitrogens is 2. The number of benzene rings is 1. The van der Waals surface area contributed by atoms with E-state index in [0.717, 1.165) is 12.3 Å². The minimum atomic E-state index is -4.55. The topological polar surface area (TPSA) is 61.7 Å². The van der Waals surface area contributed by atoms with Gasteiger partial charge in [-0.2, -0.15) is 13.2 Å². The molecule has 0 saturated heterocycles. The van der Waals surface area contributed by atoms with E-state index < -0.39 is 11.7 Å². The summed E-state index contributed by atoms with van der Waals surface area (Å²) < 4.78 is 39.5. The Morgan fingerprint density at radius 2 is 1.95 bits per heavy atom. The van der Waals surface area contributed by atoms with Crippen LogP contribution < -0.4 is 5.32 Å². The van der Waals surface area contributed by atoms with Crippen LogP contribution in [-0.2, 0) is 6.18 Å². The zero-order chi connectivity index (χ0) is 15.6. The Labute approximate surface area is 123 Å². The highest BCUT2D eigenvalue weighted by atomic mass is 35.5. The van der Waals surface area contributed by atoms with Gasteiger partial charge in [-0.3, -0.25) is 0 Å². The molecule has 110 valence electrons. The minimum absolute atomic E-state index is 0.108. The predicted molar refractivity (Wildman–Crippen MR) is 74.9 cm³/mol. The van der Waals surface area contributed by atoms with Crippen molar-refractivity contribution in [3.05, 3.63) is 40.8 Å². The van der Waals surface area contributed by atoms with E-state index in [0.29, 0.717) is 0 Å². The molecule has 0 bridgehead atoms. The van der Waals surface area contributed by atoms with Gasteiger partial charge in [0.05, 0.1) is 16.9 Å². The lowest BCUT2D eigenvalue weighted by atomic mass is 10.0. The summed E-state index contributed by atoms with van der Waals surface area (Å²) in [7, 11) is 1.37. The van der Waals surface area contributed by atoms with Crippen LogP contribution in [0.4, 0.5) is 18.9 Å². The molecule has 0 spiro atoms. The molecule has 0 unspecified atom stereocenters. The lowest BCUT2D eigenvalue weighted by molar-refractivity contribution is -0.136. The first kappa shape index (κ1) is 15.2. The van der Waals surface area contributed by atoms with E-state index in [1.165, 1.54) is 25.5 Å². The molecule has 0 fully saturated rings. The molecule has 0 aliphatic heterocycles. The van der Waals surface area contributed by atoms with E-state index in [4.69, 9.17) is 17.0 Å². The van der Waals surface area contributed by atoms with Crippen molar-refractivity contribution in [3.8, 4) is 11.3 Å². The molecule has 2 rings (SSSR count). The summed E-state index contributed by atoms with van der Waals surface area (Å²) in [5, 5.41) is 9.91. The lowest BCUT2D eigenvalue weighted by Crippen LogP contribution is -2.11. The van der Waals surface area contributed by atoms with Crippen molar-refractivity contribution in [1.29, 1.82) is 5.41 Å². The number of rotatable bonds is 3. The Kier molecular flexibility index (Phi) is 4.13. The average molecular weight is 315 g/mol. The SMILES string of the molecule is CNc1c(C=N)cc(-c2cc(Cl)ncn2)cc1C(F)(F)F. The maximum absolute atomic E-state index is 13.2. The summed E-state index contributed by atoms with van der Waals surface area (Å²) in [6.45, 7) is 0. The Morgan fingerprint density at radius 3 is 2.48 bits per heavy atom. The highest BCUT2D eigenvalue weighted by Crippen LogP contribution is 2.39. The fourth-order valence-electron chi connectivity index (χ4n) is 1.92. The molecular weight excluding hydrogens is 305 g/mol. The fourth-order valence-corrected chi connectivity index (χ4v) is 2.07. The Hall–Kier alpha value is -2.15. The van der Waals surface area contributed by atoms with E-state index in [1.54, 1.807) is 0 Å². The molecule has 0 aliphatic carbocycles. The van der Waals surface area contributed by atoms with Gasteiger partial charge in [0.2, 0.25) is 0 Å². The van der Waals surface area contributed by atoms with Crippen LogP contribution in [0.1, 0.15) is 11.1 Å². The molecule has 1 aromatic carbocycles. The van der Waals surface area contributed by atoms with Crippen molar-refractivity contribution in [2.24, 2.45) is 0 Å². The maximum Gasteiger partial charge on any atom is 0.418 e. The number of nitrogens with zero attached hydrogens (tertiary/aromatic N) is 2. The van der Waals surface area contributed by atoms with Gasteiger partial charge < -0.3 is 10.7 Å². The van der Waals surface area contributed by atoms with Crippen LogP contribution >= 0.6 is 11.6 Å². The Morgan fingerprint density at radius 1 is 1.24 bits per heavy atom. The number of halogens is 4. The highest BCUT2D eigenvalue weighted by Gasteiger charge is 2.35. The average Bonchev–Trinajstić information content (AvgIpc) is 2.44. The van der Waals surface area contributed by atoms with E-state index in [1.807, 2.05) is 0 Å². The van der Waals surface area contributed by atoms with Gasteiger partial charge >= 0.3 is 6.18 Å². The third kappa shape index (κ3) is 3.13. The van der Waals surface area contributed by atoms with Crippen LogP contribution in [-0.4, -0.2) is 23.2 Å². The second kappa shape index (κ2) is 5.69. The van der Waals surface area contributed by atoms with Gasteiger partial charge in [0.25, 0.3) is 0 Å². The fraction of sp³-hybridized carbons (Fsp3) is 0.154. The van der Waals surface area contributed by atoms with Gasteiger partial charge in [0.1, 0.15) is 11.5 Å². The molecule has 2 N–H and O–H groups in total. The standard InChI is InChI=1S/C13H10ClF3N4/c1-19-12-8(5-18)2-7(3-9(12)13(15,16)17)10-4-11(14)21-6-20-10/h2-6,18-19H,1H3. The number of nitrogens with one attached hydrogen (secondary N) is 2. The first-order valence-corrected chi connectivity index (χ1v) is 6.16. The molecule has 0 amide bonds. The smallest absolute Gasteiger partial charge is 0.387 e. The summed E-state index contributed by atoms with van der Waals surface area (Å²) in [4.78, 5) is 7.59. The summed E-state index contributed by atoms with van der Waals surface area (Å²) >= 11 is 5.73. The highest BCUT2D eigenvalue weighted by molar-refractivity contribution is 6.29. The van der Waals surface area contributed by atoms with Crippen LogP contribution in [0.25, 0.3) is 11.3 Å². The molecule has 0 saturated carbocycles. The molecule has 0 aliphatic rings.